The molecule has 0 atom stereocenters. The summed E-state index contributed by atoms with van der Waals surface area (Å²) in [7, 11) is 0. The molecule has 0 saturated carbocycles. The Balaban J connectivity index is 2.00. The Hall–Kier alpha value is -4.01. The van der Waals surface area contributed by atoms with Crippen molar-refractivity contribution in [2.45, 2.75) is 20.0 Å². The van der Waals surface area contributed by atoms with Crippen LogP contribution in [0.25, 0.3) is 22.5 Å². The molecular weight excluding hydrogens is 421 g/mol. The SMILES string of the molecule is CC(=O)N(c1ccccc1C(F)(F)F)c1onc(-c2cccc(C)c2)c1-c1ccncn1. The molecule has 0 saturated heterocycles. The zero-order chi connectivity index (χ0) is 22.9. The number of hydrogen-bond acceptors (Lipinski definition) is 5. The highest BCUT2D eigenvalue weighted by molar-refractivity contribution is 6.03. The number of aromatic nitrogens is 3. The molecule has 2 aromatic carbocycles. The first-order valence-electron chi connectivity index (χ1n) is 9.57. The smallest absolute Gasteiger partial charge is 0.336 e. The second-order valence-electron chi connectivity index (χ2n) is 7.04. The molecule has 0 spiro atoms. The van der Waals surface area contributed by atoms with Gasteiger partial charge in [-0.25, -0.2) is 14.9 Å². The summed E-state index contributed by atoms with van der Waals surface area (Å²) in [6.07, 6.45) is -1.90. The Bertz CT molecular complexity index is 1270. The Labute approximate surface area is 181 Å². The van der Waals surface area contributed by atoms with E-state index >= 15 is 0 Å². The van der Waals surface area contributed by atoms with Gasteiger partial charge in [0.2, 0.25) is 11.8 Å². The van der Waals surface area contributed by atoms with Crippen molar-refractivity contribution in [1.29, 1.82) is 0 Å². The highest BCUT2D eigenvalue weighted by Gasteiger charge is 2.38. The van der Waals surface area contributed by atoms with Crippen LogP contribution in [0.2, 0.25) is 0 Å². The summed E-state index contributed by atoms with van der Waals surface area (Å²) in [6, 6.07) is 13.7. The number of carbonyl (C=O) groups excluding carboxylic acids is 1. The van der Waals surface area contributed by atoms with E-state index in [0.29, 0.717) is 17.0 Å². The van der Waals surface area contributed by atoms with Gasteiger partial charge in [0.25, 0.3) is 0 Å². The molecule has 162 valence electrons. The fourth-order valence-corrected chi connectivity index (χ4v) is 3.42. The van der Waals surface area contributed by atoms with E-state index in [1.54, 1.807) is 12.1 Å². The van der Waals surface area contributed by atoms with Crippen LogP contribution in [0.3, 0.4) is 0 Å². The number of amides is 1. The summed E-state index contributed by atoms with van der Waals surface area (Å²) >= 11 is 0. The largest absolute Gasteiger partial charge is 0.418 e. The van der Waals surface area contributed by atoms with Crippen LogP contribution in [0.15, 0.2) is 71.6 Å². The fraction of sp³-hybridized carbons (Fsp3) is 0.130. The second-order valence-corrected chi connectivity index (χ2v) is 7.04. The van der Waals surface area contributed by atoms with Crippen LogP contribution in [0.1, 0.15) is 18.1 Å². The van der Waals surface area contributed by atoms with Gasteiger partial charge in [-0.3, -0.25) is 4.79 Å². The van der Waals surface area contributed by atoms with E-state index < -0.39 is 17.6 Å². The van der Waals surface area contributed by atoms with Gasteiger partial charge < -0.3 is 4.52 Å². The van der Waals surface area contributed by atoms with Crippen LogP contribution in [0.4, 0.5) is 24.7 Å². The molecular formula is C23H17F3N4O2. The summed E-state index contributed by atoms with van der Waals surface area (Å²) in [5.41, 5.74) is 1.26. The van der Waals surface area contributed by atoms with Gasteiger partial charge in [-0.1, -0.05) is 41.1 Å². The zero-order valence-corrected chi connectivity index (χ0v) is 17.1. The molecule has 2 aromatic heterocycles. The van der Waals surface area contributed by atoms with E-state index in [4.69, 9.17) is 4.52 Å². The lowest BCUT2D eigenvalue weighted by Gasteiger charge is -2.23. The second kappa shape index (κ2) is 8.26. The summed E-state index contributed by atoms with van der Waals surface area (Å²) in [4.78, 5) is 21.6. The number of carbonyl (C=O) groups is 1. The molecule has 0 aliphatic carbocycles. The van der Waals surface area contributed by atoms with E-state index in [1.807, 2.05) is 25.1 Å². The van der Waals surface area contributed by atoms with E-state index in [-0.39, 0.29) is 17.1 Å². The third-order valence-corrected chi connectivity index (χ3v) is 4.77. The van der Waals surface area contributed by atoms with Gasteiger partial charge in [-0.2, -0.15) is 13.2 Å². The van der Waals surface area contributed by atoms with Crippen LogP contribution >= 0.6 is 0 Å². The predicted molar refractivity (Wildman–Crippen MR) is 112 cm³/mol. The van der Waals surface area contributed by atoms with Gasteiger partial charge in [-0.05, 0) is 31.2 Å². The molecule has 1 amide bonds. The number of nitrogens with zero attached hydrogens (tertiary/aromatic N) is 4. The van der Waals surface area contributed by atoms with Crippen LogP contribution < -0.4 is 4.90 Å². The van der Waals surface area contributed by atoms with Crippen molar-refractivity contribution in [3.63, 3.8) is 0 Å². The molecule has 0 aliphatic rings. The molecule has 0 N–H and O–H groups in total. The molecule has 0 fully saturated rings. The number of alkyl halides is 3. The van der Waals surface area contributed by atoms with Crippen molar-refractivity contribution in [2.75, 3.05) is 4.90 Å². The Morgan fingerprint density at radius 3 is 2.50 bits per heavy atom. The third kappa shape index (κ3) is 3.96. The standard InChI is InChI=1S/C23H17F3N4O2/c1-14-6-5-7-16(12-14)21-20(18-10-11-27-13-28-18)22(32-29-21)30(15(2)31)19-9-4-3-8-17(19)23(24,25)26/h3-13H,1-2H3. The highest BCUT2D eigenvalue weighted by Crippen LogP contribution is 2.44. The lowest BCUT2D eigenvalue weighted by molar-refractivity contribution is -0.137. The minimum Gasteiger partial charge on any atom is -0.336 e. The first-order valence-corrected chi connectivity index (χ1v) is 9.57. The maximum Gasteiger partial charge on any atom is 0.418 e. The van der Waals surface area contributed by atoms with Crippen LogP contribution in [0, 0.1) is 6.92 Å². The van der Waals surface area contributed by atoms with Crippen molar-refractivity contribution in [3.05, 3.63) is 78.2 Å². The van der Waals surface area contributed by atoms with Gasteiger partial charge in [0.15, 0.2) is 0 Å². The third-order valence-electron chi connectivity index (χ3n) is 4.77. The quantitative estimate of drug-likeness (QED) is 0.402. The van der Waals surface area contributed by atoms with E-state index in [2.05, 4.69) is 15.1 Å². The Morgan fingerprint density at radius 2 is 1.84 bits per heavy atom. The van der Waals surface area contributed by atoms with Crippen molar-refractivity contribution in [2.24, 2.45) is 0 Å². The summed E-state index contributed by atoms with van der Waals surface area (Å²) < 4.78 is 46.7. The van der Waals surface area contributed by atoms with Gasteiger partial charge in [-0.15, -0.1) is 0 Å². The molecule has 2 heterocycles. The van der Waals surface area contributed by atoms with Gasteiger partial charge in [0, 0.05) is 18.7 Å². The molecule has 4 rings (SSSR count). The number of para-hydroxylation sites is 1. The average molecular weight is 438 g/mol. The summed E-state index contributed by atoms with van der Waals surface area (Å²) in [5.74, 6) is -0.839. The average Bonchev–Trinajstić information content (AvgIpc) is 3.18. The van der Waals surface area contributed by atoms with Crippen molar-refractivity contribution < 1.29 is 22.5 Å². The monoisotopic (exact) mass is 438 g/mol. The maximum absolute atomic E-state index is 13.7. The van der Waals surface area contributed by atoms with E-state index in [9.17, 15) is 18.0 Å². The van der Waals surface area contributed by atoms with Crippen LogP contribution in [0.5, 0.6) is 0 Å². The molecule has 6 nitrogen and oxygen atoms in total. The normalized spacial score (nSPS) is 11.4. The summed E-state index contributed by atoms with van der Waals surface area (Å²) in [5, 5.41) is 4.11. The van der Waals surface area contributed by atoms with Crippen molar-refractivity contribution >= 4 is 17.5 Å². The molecule has 4 aromatic rings. The zero-order valence-electron chi connectivity index (χ0n) is 17.1. The number of anilines is 2. The van der Waals surface area contributed by atoms with E-state index in [1.165, 1.54) is 30.7 Å². The van der Waals surface area contributed by atoms with E-state index in [0.717, 1.165) is 23.5 Å². The van der Waals surface area contributed by atoms with Crippen LogP contribution in [-0.2, 0) is 11.0 Å². The van der Waals surface area contributed by atoms with Crippen molar-refractivity contribution in [3.8, 4) is 22.5 Å². The maximum atomic E-state index is 13.7. The lowest BCUT2D eigenvalue weighted by atomic mass is 10.0. The van der Waals surface area contributed by atoms with Gasteiger partial charge in [0.1, 0.15) is 12.0 Å². The molecule has 32 heavy (non-hydrogen) atoms. The highest BCUT2D eigenvalue weighted by atomic mass is 19.4. The number of aryl methyl sites for hydroxylation is 1. The minimum atomic E-state index is -4.68. The first-order chi connectivity index (χ1) is 15.3. The predicted octanol–water partition coefficient (Wildman–Crippen LogP) is 5.81. The molecule has 0 radical (unpaired) electrons. The molecule has 0 aliphatic heterocycles. The van der Waals surface area contributed by atoms with Crippen molar-refractivity contribution in [1.82, 2.24) is 15.1 Å². The van der Waals surface area contributed by atoms with Gasteiger partial charge in [0.05, 0.1) is 22.5 Å². The lowest BCUT2D eigenvalue weighted by Crippen LogP contribution is -2.26. The number of rotatable bonds is 4. The Morgan fingerprint density at radius 1 is 1.06 bits per heavy atom. The molecule has 0 bridgehead atoms. The minimum absolute atomic E-state index is 0.163. The molecule has 9 heteroatoms. The fourth-order valence-electron chi connectivity index (χ4n) is 3.42. The molecule has 0 unspecified atom stereocenters. The number of halogens is 3. The number of benzene rings is 2. The first kappa shape index (κ1) is 21.2. The number of hydrogen-bond donors (Lipinski definition) is 0. The Kier molecular flexibility index (Phi) is 5.48. The van der Waals surface area contributed by atoms with Crippen LogP contribution in [-0.4, -0.2) is 21.0 Å². The van der Waals surface area contributed by atoms with Gasteiger partial charge >= 0.3 is 6.18 Å². The topological polar surface area (TPSA) is 72.1 Å². The summed E-state index contributed by atoms with van der Waals surface area (Å²) in [6.45, 7) is 3.06.